The van der Waals surface area contributed by atoms with E-state index in [2.05, 4.69) is 35.3 Å². The highest BCUT2D eigenvalue weighted by Crippen LogP contribution is 2.24. The minimum absolute atomic E-state index is 0.0484. The molecule has 0 spiro atoms. The van der Waals surface area contributed by atoms with Crippen molar-refractivity contribution >= 4 is 38.7 Å². The van der Waals surface area contributed by atoms with Gasteiger partial charge in [-0.1, -0.05) is 74.8 Å². The maximum atomic E-state index is 12.7. The Labute approximate surface area is 199 Å². The quantitative estimate of drug-likeness (QED) is 0.274. The van der Waals surface area contributed by atoms with E-state index in [1.807, 2.05) is 66.9 Å². The van der Waals surface area contributed by atoms with E-state index in [1.165, 1.54) is 6.21 Å². The molecule has 5 nitrogen and oxygen atoms in total. The van der Waals surface area contributed by atoms with Gasteiger partial charge < -0.3 is 4.57 Å². The largest absolute Gasteiger partial charge is 0.342 e. The van der Waals surface area contributed by atoms with E-state index in [0.29, 0.717) is 11.6 Å². The molecule has 170 valence electrons. The third kappa shape index (κ3) is 5.29. The number of halogens is 1. The number of hydrogen-bond donors (Lipinski definition) is 1. The van der Waals surface area contributed by atoms with Crippen LogP contribution in [0.2, 0.25) is 5.02 Å². The Balaban J connectivity index is 1.57. The molecule has 0 amide bonds. The summed E-state index contributed by atoms with van der Waals surface area (Å²) in [6, 6.07) is 22.5. The highest BCUT2D eigenvalue weighted by atomic mass is 35.5. The minimum atomic E-state index is -3.76. The predicted molar refractivity (Wildman–Crippen MR) is 136 cm³/mol. The molecule has 4 rings (SSSR count). The molecule has 0 aliphatic rings. The van der Waals surface area contributed by atoms with Gasteiger partial charge in [0.1, 0.15) is 0 Å². The Hall–Kier alpha value is -3.09. The van der Waals surface area contributed by atoms with Crippen molar-refractivity contribution < 1.29 is 8.42 Å². The van der Waals surface area contributed by atoms with Gasteiger partial charge in [0, 0.05) is 34.2 Å². The number of nitrogens with one attached hydrogen (secondary N) is 1. The van der Waals surface area contributed by atoms with Gasteiger partial charge in [-0.25, -0.2) is 4.83 Å². The van der Waals surface area contributed by atoms with Gasteiger partial charge >= 0.3 is 0 Å². The summed E-state index contributed by atoms with van der Waals surface area (Å²) in [6.45, 7) is 6.90. The Morgan fingerprint density at radius 1 is 1.00 bits per heavy atom. The Kier molecular flexibility index (Phi) is 6.32. The molecule has 3 aromatic carbocycles. The average Bonchev–Trinajstić information content (AvgIpc) is 3.11. The zero-order chi connectivity index (χ0) is 23.6. The first kappa shape index (κ1) is 23.1. The highest BCUT2D eigenvalue weighted by Gasteiger charge is 2.17. The molecule has 0 atom stereocenters. The van der Waals surface area contributed by atoms with Gasteiger partial charge in [-0.15, -0.1) is 0 Å². The fourth-order valence-electron chi connectivity index (χ4n) is 3.69. The first-order valence-corrected chi connectivity index (χ1v) is 12.5. The smallest absolute Gasteiger partial charge is 0.276 e. The molecule has 0 saturated heterocycles. The summed E-state index contributed by atoms with van der Waals surface area (Å²) in [6.07, 6.45) is 3.50. The van der Waals surface area contributed by atoms with Crippen LogP contribution in [0, 0.1) is 0 Å². The lowest BCUT2D eigenvalue weighted by Crippen LogP contribution is -2.19. The van der Waals surface area contributed by atoms with Crippen LogP contribution in [0.3, 0.4) is 0 Å². The van der Waals surface area contributed by atoms with Crippen molar-refractivity contribution in [3.63, 3.8) is 0 Å². The van der Waals surface area contributed by atoms with Crippen LogP contribution in [0.5, 0.6) is 0 Å². The zero-order valence-electron chi connectivity index (χ0n) is 18.8. The monoisotopic (exact) mass is 479 g/mol. The van der Waals surface area contributed by atoms with Crippen LogP contribution in [0.1, 0.15) is 37.5 Å². The first-order chi connectivity index (χ1) is 15.6. The SMILES string of the molecule is CC(C)(C)c1ccc(S(=O)(=O)NN=Cc2cn(Cc3cccc(Cl)c3)c3ccccc23)cc1. The molecule has 0 unspecified atom stereocenters. The Bertz CT molecular complexity index is 1420. The Morgan fingerprint density at radius 2 is 1.73 bits per heavy atom. The second-order valence-electron chi connectivity index (χ2n) is 8.99. The number of para-hydroxylation sites is 1. The van der Waals surface area contributed by atoms with Crippen molar-refractivity contribution in [2.75, 3.05) is 0 Å². The molecule has 1 N–H and O–H groups in total. The maximum Gasteiger partial charge on any atom is 0.276 e. The molecule has 7 heteroatoms. The lowest BCUT2D eigenvalue weighted by molar-refractivity contribution is 0.580. The van der Waals surface area contributed by atoms with E-state index in [1.54, 1.807) is 12.1 Å². The summed E-state index contributed by atoms with van der Waals surface area (Å²) >= 11 is 6.13. The van der Waals surface area contributed by atoms with Gasteiger partial charge in [0.25, 0.3) is 10.0 Å². The van der Waals surface area contributed by atoms with Crippen LogP contribution in [0.25, 0.3) is 10.9 Å². The lowest BCUT2D eigenvalue weighted by Gasteiger charge is -2.19. The third-order valence-corrected chi connectivity index (χ3v) is 6.94. The van der Waals surface area contributed by atoms with E-state index in [9.17, 15) is 8.42 Å². The summed E-state index contributed by atoms with van der Waals surface area (Å²) < 4.78 is 27.5. The maximum absolute atomic E-state index is 12.7. The van der Waals surface area contributed by atoms with Crippen LogP contribution in [-0.4, -0.2) is 19.2 Å². The number of benzene rings is 3. The number of aromatic nitrogens is 1. The van der Waals surface area contributed by atoms with Crippen LogP contribution in [0.15, 0.2) is 89.0 Å². The second-order valence-corrected chi connectivity index (χ2v) is 11.1. The van der Waals surface area contributed by atoms with E-state index in [4.69, 9.17) is 11.6 Å². The van der Waals surface area contributed by atoms with Gasteiger partial charge in [-0.3, -0.25) is 0 Å². The summed E-state index contributed by atoms with van der Waals surface area (Å²) in [5.41, 5.74) is 3.94. The topological polar surface area (TPSA) is 63.5 Å². The predicted octanol–water partition coefficient (Wildman–Crippen LogP) is 5.95. The van der Waals surface area contributed by atoms with Crippen molar-refractivity contribution in [3.8, 4) is 0 Å². The summed E-state index contributed by atoms with van der Waals surface area (Å²) in [7, 11) is -3.76. The van der Waals surface area contributed by atoms with Crippen molar-refractivity contribution in [1.82, 2.24) is 9.40 Å². The fraction of sp³-hybridized carbons (Fsp3) is 0.192. The molecule has 4 aromatic rings. The van der Waals surface area contributed by atoms with Gasteiger partial charge in [0.15, 0.2) is 0 Å². The first-order valence-electron chi connectivity index (χ1n) is 10.6. The molecule has 0 aliphatic carbocycles. The molecule has 0 saturated carbocycles. The van der Waals surface area contributed by atoms with E-state index < -0.39 is 10.0 Å². The molecule has 0 radical (unpaired) electrons. The number of hydrazone groups is 1. The molecule has 1 aromatic heterocycles. The van der Waals surface area contributed by atoms with E-state index in [0.717, 1.165) is 27.6 Å². The van der Waals surface area contributed by atoms with Crippen molar-refractivity contribution in [3.05, 3.63) is 101 Å². The van der Waals surface area contributed by atoms with Crippen LogP contribution in [-0.2, 0) is 22.0 Å². The number of nitrogens with zero attached hydrogens (tertiary/aromatic N) is 2. The molecule has 33 heavy (non-hydrogen) atoms. The van der Waals surface area contributed by atoms with Crippen LogP contribution >= 0.6 is 11.6 Å². The lowest BCUT2D eigenvalue weighted by atomic mass is 9.87. The van der Waals surface area contributed by atoms with Crippen molar-refractivity contribution in [2.45, 2.75) is 37.6 Å². The molecular formula is C26H26ClN3O2S. The standard InChI is InChI=1S/C26H26ClN3O2S/c1-26(2,3)21-11-13-23(14-12-21)33(31,32)29-28-16-20-18-30(25-10-5-4-9-24(20)25)17-19-7-6-8-22(27)15-19/h4-16,18,29H,17H2,1-3H3. The number of hydrogen-bond acceptors (Lipinski definition) is 3. The molecule has 0 bridgehead atoms. The average molecular weight is 480 g/mol. The number of sulfonamides is 1. The number of fused-ring (bicyclic) bond motifs is 1. The fourth-order valence-corrected chi connectivity index (χ4v) is 4.70. The van der Waals surface area contributed by atoms with Gasteiger partial charge in [0.2, 0.25) is 0 Å². The molecule has 1 heterocycles. The third-order valence-electron chi connectivity index (χ3n) is 5.47. The highest BCUT2D eigenvalue weighted by molar-refractivity contribution is 7.89. The van der Waals surface area contributed by atoms with E-state index >= 15 is 0 Å². The van der Waals surface area contributed by atoms with Crippen LogP contribution in [0.4, 0.5) is 0 Å². The van der Waals surface area contributed by atoms with Gasteiger partial charge in [-0.05, 0) is 46.9 Å². The summed E-state index contributed by atoms with van der Waals surface area (Å²) in [4.78, 5) is 2.50. The number of rotatable bonds is 6. The molecular weight excluding hydrogens is 454 g/mol. The molecule has 0 aliphatic heterocycles. The zero-order valence-corrected chi connectivity index (χ0v) is 20.4. The van der Waals surface area contributed by atoms with Crippen molar-refractivity contribution in [2.24, 2.45) is 5.10 Å². The Morgan fingerprint density at radius 3 is 2.42 bits per heavy atom. The second kappa shape index (κ2) is 9.04. The van der Waals surface area contributed by atoms with E-state index in [-0.39, 0.29) is 10.3 Å². The van der Waals surface area contributed by atoms with Crippen molar-refractivity contribution in [1.29, 1.82) is 0 Å². The van der Waals surface area contributed by atoms with Gasteiger partial charge in [0.05, 0.1) is 11.1 Å². The summed E-state index contributed by atoms with van der Waals surface area (Å²) in [5.74, 6) is 0. The van der Waals surface area contributed by atoms with Crippen LogP contribution < -0.4 is 4.83 Å². The minimum Gasteiger partial charge on any atom is -0.342 e. The molecule has 0 fully saturated rings. The van der Waals surface area contributed by atoms with Gasteiger partial charge in [-0.2, -0.15) is 13.5 Å². The normalized spacial score (nSPS) is 12.5. The summed E-state index contributed by atoms with van der Waals surface area (Å²) in [5, 5.41) is 5.72.